The van der Waals surface area contributed by atoms with E-state index in [0.29, 0.717) is 44.6 Å². The number of hydrogen-bond acceptors (Lipinski definition) is 5. The minimum Gasteiger partial charge on any atom is -0.350 e. The summed E-state index contributed by atoms with van der Waals surface area (Å²) in [5, 5.41) is 2.92. The maximum absolute atomic E-state index is 12.6. The van der Waals surface area contributed by atoms with Crippen molar-refractivity contribution in [1.29, 1.82) is 0 Å². The number of nitrogens with one attached hydrogen (secondary N) is 1. The van der Waals surface area contributed by atoms with Crippen molar-refractivity contribution >= 4 is 15.9 Å². The molecule has 0 atom stereocenters. The number of imidazole rings is 1. The Labute approximate surface area is 166 Å². The summed E-state index contributed by atoms with van der Waals surface area (Å²) in [5.74, 6) is 0.592. The molecule has 0 aliphatic carbocycles. The molecule has 2 aromatic heterocycles. The number of carbonyl (C=O) groups excluding carboxylic acids is 1. The van der Waals surface area contributed by atoms with Gasteiger partial charge >= 0.3 is 0 Å². The molecule has 0 spiro atoms. The van der Waals surface area contributed by atoms with Crippen LogP contribution in [0.5, 0.6) is 0 Å². The van der Waals surface area contributed by atoms with Crippen molar-refractivity contribution in [3.63, 3.8) is 0 Å². The van der Waals surface area contributed by atoms with Gasteiger partial charge in [0.1, 0.15) is 11.5 Å². The predicted molar refractivity (Wildman–Crippen MR) is 107 cm³/mol. The molecule has 1 aliphatic heterocycles. The van der Waals surface area contributed by atoms with Gasteiger partial charge in [-0.1, -0.05) is 6.07 Å². The first-order valence-electron chi connectivity index (χ1n) is 9.46. The van der Waals surface area contributed by atoms with Crippen molar-refractivity contribution in [2.75, 3.05) is 25.9 Å². The Balaban J connectivity index is 1.64. The van der Waals surface area contributed by atoms with E-state index in [1.807, 2.05) is 32.0 Å². The van der Waals surface area contributed by atoms with Crippen molar-refractivity contribution in [2.45, 2.75) is 39.2 Å². The summed E-state index contributed by atoms with van der Waals surface area (Å²) in [4.78, 5) is 21.3. The first kappa shape index (κ1) is 20.5. The van der Waals surface area contributed by atoms with E-state index >= 15 is 0 Å². The van der Waals surface area contributed by atoms with E-state index in [9.17, 15) is 13.2 Å². The van der Waals surface area contributed by atoms with Crippen molar-refractivity contribution in [3.8, 4) is 0 Å². The van der Waals surface area contributed by atoms with Gasteiger partial charge in [0.25, 0.3) is 5.91 Å². The molecule has 3 rings (SSSR count). The van der Waals surface area contributed by atoms with E-state index in [2.05, 4.69) is 19.9 Å². The first-order chi connectivity index (χ1) is 13.3. The molecule has 1 saturated heterocycles. The third-order valence-corrected chi connectivity index (χ3v) is 6.50. The van der Waals surface area contributed by atoms with Crippen LogP contribution < -0.4 is 5.32 Å². The molecule has 0 bridgehead atoms. The Hall–Kier alpha value is -2.26. The van der Waals surface area contributed by atoms with Gasteiger partial charge in [-0.05, 0) is 38.8 Å². The van der Waals surface area contributed by atoms with Crippen LogP contribution in [0.3, 0.4) is 0 Å². The lowest BCUT2D eigenvalue weighted by Crippen LogP contribution is -2.38. The Morgan fingerprint density at radius 1 is 1.25 bits per heavy atom. The summed E-state index contributed by atoms with van der Waals surface area (Å²) in [7, 11) is -3.15. The maximum Gasteiger partial charge on any atom is 0.271 e. The summed E-state index contributed by atoms with van der Waals surface area (Å²) in [6.45, 7) is 5.27. The van der Waals surface area contributed by atoms with Gasteiger partial charge < -0.3 is 9.88 Å². The zero-order chi connectivity index (χ0) is 20.3. The van der Waals surface area contributed by atoms with Crippen molar-refractivity contribution in [3.05, 3.63) is 47.3 Å². The lowest BCUT2D eigenvalue weighted by Gasteiger charge is -2.32. The molecular formula is C19H27N5O3S. The molecule has 8 nitrogen and oxygen atoms in total. The number of pyridine rings is 1. The summed E-state index contributed by atoms with van der Waals surface area (Å²) in [6.07, 6.45) is 5.07. The van der Waals surface area contributed by atoms with Crippen LogP contribution in [0.2, 0.25) is 0 Å². The van der Waals surface area contributed by atoms with Crippen LogP contribution in [0.25, 0.3) is 0 Å². The standard InChI is InChI=1S/C19H27N5O3S/c1-14-18(19(25)21-11-7-16-6-4-5-10-20-16)22-15(2)24(14)17-8-12-23(13-9-17)28(3,26)27/h4-6,10,17H,7-9,11-13H2,1-3H3,(H,21,25). The quantitative estimate of drug-likeness (QED) is 0.785. The van der Waals surface area contributed by atoms with Crippen LogP contribution in [-0.4, -0.2) is 59.1 Å². The van der Waals surface area contributed by atoms with Crippen molar-refractivity contribution in [1.82, 2.24) is 24.2 Å². The number of piperidine rings is 1. The van der Waals surface area contributed by atoms with E-state index < -0.39 is 10.0 Å². The molecule has 0 saturated carbocycles. The fraction of sp³-hybridized carbons (Fsp3) is 0.526. The second kappa shape index (κ2) is 8.40. The van der Waals surface area contributed by atoms with E-state index in [0.717, 1.165) is 17.2 Å². The van der Waals surface area contributed by atoms with Crippen LogP contribution in [0.15, 0.2) is 24.4 Å². The molecule has 2 aromatic rings. The Bertz CT molecular complexity index is 932. The molecule has 1 N–H and O–H groups in total. The van der Waals surface area contributed by atoms with Gasteiger partial charge in [0.2, 0.25) is 10.0 Å². The van der Waals surface area contributed by atoms with Gasteiger partial charge in [0, 0.05) is 49.7 Å². The molecule has 0 aromatic carbocycles. The van der Waals surface area contributed by atoms with Gasteiger partial charge in [0.05, 0.1) is 6.26 Å². The van der Waals surface area contributed by atoms with Crippen LogP contribution >= 0.6 is 0 Å². The molecule has 1 aliphatic rings. The Morgan fingerprint density at radius 3 is 2.57 bits per heavy atom. The highest BCUT2D eigenvalue weighted by atomic mass is 32.2. The third-order valence-electron chi connectivity index (χ3n) is 5.19. The molecule has 1 amide bonds. The maximum atomic E-state index is 12.6. The van der Waals surface area contributed by atoms with Gasteiger partial charge in [-0.15, -0.1) is 0 Å². The summed E-state index contributed by atoms with van der Waals surface area (Å²) in [5.41, 5.74) is 2.19. The van der Waals surface area contributed by atoms with Gasteiger partial charge in [0.15, 0.2) is 0 Å². The van der Waals surface area contributed by atoms with E-state index in [-0.39, 0.29) is 11.9 Å². The molecule has 28 heavy (non-hydrogen) atoms. The van der Waals surface area contributed by atoms with E-state index in [1.165, 1.54) is 10.6 Å². The number of sulfonamides is 1. The molecular weight excluding hydrogens is 378 g/mol. The SMILES string of the molecule is Cc1nc(C(=O)NCCc2ccccn2)c(C)n1C1CCN(S(C)(=O)=O)CC1. The molecule has 3 heterocycles. The number of aryl methyl sites for hydroxylation is 1. The number of nitrogens with zero attached hydrogens (tertiary/aromatic N) is 4. The number of hydrogen-bond donors (Lipinski definition) is 1. The number of carbonyl (C=O) groups is 1. The largest absolute Gasteiger partial charge is 0.350 e. The second-order valence-corrected chi connectivity index (χ2v) is 9.17. The highest BCUT2D eigenvalue weighted by Crippen LogP contribution is 2.27. The molecule has 9 heteroatoms. The van der Waals surface area contributed by atoms with Crippen LogP contribution in [0.1, 0.15) is 46.6 Å². The zero-order valence-electron chi connectivity index (χ0n) is 16.6. The highest BCUT2D eigenvalue weighted by Gasteiger charge is 2.29. The average molecular weight is 406 g/mol. The molecule has 152 valence electrons. The van der Waals surface area contributed by atoms with E-state index in [4.69, 9.17) is 0 Å². The monoisotopic (exact) mass is 405 g/mol. The Kier molecular flexibility index (Phi) is 6.14. The minimum absolute atomic E-state index is 0.153. The van der Waals surface area contributed by atoms with Crippen LogP contribution in [0.4, 0.5) is 0 Å². The van der Waals surface area contributed by atoms with Gasteiger partial charge in [-0.2, -0.15) is 0 Å². The lowest BCUT2D eigenvalue weighted by atomic mass is 10.1. The zero-order valence-corrected chi connectivity index (χ0v) is 17.4. The smallest absolute Gasteiger partial charge is 0.271 e. The topological polar surface area (TPSA) is 97.2 Å². The molecule has 1 fully saturated rings. The minimum atomic E-state index is -3.15. The van der Waals surface area contributed by atoms with Crippen LogP contribution in [0, 0.1) is 13.8 Å². The normalized spacial score (nSPS) is 16.2. The van der Waals surface area contributed by atoms with Crippen molar-refractivity contribution < 1.29 is 13.2 Å². The predicted octanol–water partition coefficient (Wildman–Crippen LogP) is 1.46. The van der Waals surface area contributed by atoms with Gasteiger partial charge in [-0.3, -0.25) is 9.78 Å². The first-order valence-corrected chi connectivity index (χ1v) is 11.3. The summed E-state index contributed by atoms with van der Waals surface area (Å²) in [6, 6.07) is 5.87. The molecule has 0 radical (unpaired) electrons. The number of amides is 1. The summed E-state index contributed by atoms with van der Waals surface area (Å²) >= 11 is 0. The molecule has 0 unspecified atom stereocenters. The highest BCUT2D eigenvalue weighted by molar-refractivity contribution is 7.88. The van der Waals surface area contributed by atoms with Crippen LogP contribution in [-0.2, 0) is 16.4 Å². The fourth-order valence-electron chi connectivity index (χ4n) is 3.77. The van der Waals surface area contributed by atoms with Crippen molar-refractivity contribution in [2.24, 2.45) is 0 Å². The average Bonchev–Trinajstić information content (AvgIpc) is 2.96. The number of rotatable bonds is 6. The number of aromatic nitrogens is 3. The lowest BCUT2D eigenvalue weighted by molar-refractivity contribution is 0.0948. The summed E-state index contributed by atoms with van der Waals surface area (Å²) < 4.78 is 27.0. The fourth-order valence-corrected chi connectivity index (χ4v) is 4.65. The van der Waals surface area contributed by atoms with E-state index in [1.54, 1.807) is 6.20 Å². The Morgan fingerprint density at radius 2 is 1.96 bits per heavy atom. The second-order valence-electron chi connectivity index (χ2n) is 7.18. The third kappa shape index (κ3) is 4.59. The van der Waals surface area contributed by atoms with Gasteiger partial charge in [-0.25, -0.2) is 17.7 Å².